The molecule has 21 heavy (non-hydrogen) atoms. The second kappa shape index (κ2) is 7.74. The predicted octanol–water partition coefficient (Wildman–Crippen LogP) is 3.46. The minimum atomic E-state index is 0.629. The van der Waals surface area contributed by atoms with Crippen LogP contribution < -0.4 is 5.32 Å². The fourth-order valence-corrected chi connectivity index (χ4v) is 2.16. The number of anilines is 1. The number of hydrogen-bond donors (Lipinski definition) is 1. The van der Waals surface area contributed by atoms with E-state index in [2.05, 4.69) is 36.3 Å². The third kappa shape index (κ3) is 4.02. The fourth-order valence-electron chi connectivity index (χ4n) is 2.16. The molecule has 112 valence electrons. The van der Waals surface area contributed by atoms with E-state index in [1.165, 1.54) is 0 Å². The number of ether oxygens (including phenoxy) is 1. The number of nitrogens with one attached hydrogen (secondary N) is 1. The van der Waals surface area contributed by atoms with E-state index in [1.54, 1.807) is 7.11 Å². The molecule has 1 aromatic carbocycles. The van der Waals surface area contributed by atoms with Gasteiger partial charge in [-0.25, -0.2) is 9.97 Å². The zero-order valence-electron chi connectivity index (χ0n) is 13.0. The summed E-state index contributed by atoms with van der Waals surface area (Å²) >= 11 is 0. The van der Waals surface area contributed by atoms with Crippen LogP contribution in [0.3, 0.4) is 0 Å². The lowest BCUT2D eigenvalue weighted by Crippen LogP contribution is -2.10. The van der Waals surface area contributed by atoms with E-state index < -0.39 is 0 Å². The maximum absolute atomic E-state index is 5.14. The summed E-state index contributed by atoms with van der Waals surface area (Å²) in [5, 5.41) is 3.40. The smallest absolute Gasteiger partial charge is 0.133 e. The maximum Gasteiger partial charge on any atom is 0.133 e. The van der Waals surface area contributed by atoms with Crippen LogP contribution in [0, 0.1) is 6.92 Å². The predicted molar refractivity (Wildman–Crippen MR) is 86.6 cm³/mol. The molecule has 2 rings (SSSR count). The van der Waals surface area contributed by atoms with Gasteiger partial charge in [0.05, 0.1) is 12.3 Å². The van der Waals surface area contributed by atoms with Gasteiger partial charge in [-0.15, -0.1) is 0 Å². The van der Waals surface area contributed by atoms with E-state index in [9.17, 15) is 0 Å². The van der Waals surface area contributed by atoms with Crippen molar-refractivity contribution in [3.63, 3.8) is 0 Å². The van der Waals surface area contributed by atoms with E-state index in [1.807, 2.05) is 18.2 Å². The van der Waals surface area contributed by atoms with Crippen LogP contribution in [0.1, 0.15) is 24.7 Å². The van der Waals surface area contributed by atoms with Gasteiger partial charge in [-0.1, -0.05) is 37.3 Å². The molecule has 0 amide bonds. The number of benzene rings is 1. The first-order valence-corrected chi connectivity index (χ1v) is 7.42. The van der Waals surface area contributed by atoms with Crippen molar-refractivity contribution in [2.75, 3.05) is 25.6 Å². The molecule has 0 aliphatic rings. The second-order valence-electron chi connectivity index (χ2n) is 5.00. The van der Waals surface area contributed by atoms with E-state index >= 15 is 0 Å². The molecule has 1 aromatic heterocycles. The Labute approximate surface area is 126 Å². The zero-order chi connectivity index (χ0) is 15.1. The van der Waals surface area contributed by atoms with Gasteiger partial charge >= 0.3 is 0 Å². The Balaban J connectivity index is 2.41. The molecule has 0 saturated heterocycles. The molecule has 0 aliphatic heterocycles. The molecule has 0 bridgehead atoms. The number of rotatable bonds is 7. The fraction of sp³-hybridized carbons (Fsp3) is 0.412. The number of hydrogen-bond acceptors (Lipinski definition) is 4. The molecule has 0 spiro atoms. The minimum absolute atomic E-state index is 0.629. The molecule has 0 radical (unpaired) electrons. The van der Waals surface area contributed by atoms with Gasteiger partial charge in [-0.05, 0) is 13.3 Å². The Bertz CT molecular complexity index is 570. The zero-order valence-corrected chi connectivity index (χ0v) is 13.0. The van der Waals surface area contributed by atoms with Crippen molar-refractivity contribution in [1.82, 2.24) is 9.97 Å². The van der Waals surface area contributed by atoms with Crippen molar-refractivity contribution < 1.29 is 4.74 Å². The molecule has 2 aromatic rings. The lowest BCUT2D eigenvalue weighted by atomic mass is 10.1. The van der Waals surface area contributed by atoms with Crippen molar-refractivity contribution >= 4 is 5.82 Å². The van der Waals surface area contributed by atoms with E-state index in [-0.39, 0.29) is 0 Å². The molecule has 4 nitrogen and oxygen atoms in total. The van der Waals surface area contributed by atoms with Gasteiger partial charge in [0.25, 0.3) is 0 Å². The number of methoxy groups -OCH3 is 1. The third-order valence-electron chi connectivity index (χ3n) is 3.31. The highest BCUT2D eigenvalue weighted by Gasteiger charge is 2.12. The van der Waals surface area contributed by atoms with Crippen LogP contribution in [0.25, 0.3) is 11.3 Å². The van der Waals surface area contributed by atoms with Crippen LogP contribution >= 0.6 is 0 Å². The molecular formula is C17H23N3O. The van der Waals surface area contributed by atoms with Crippen LogP contribution in [-0.2, 0) is 11.2 Å². The summed E-state index contributed by atoms with van der Waals surface area (Å²) < 4.78 is 5.14. The van der Waals surface area contributed by atoms with Gasteiger partial charge in [-0.3, -0.25) is 0 Å². The van der Waals surface area contributed by atoms with Crippen LogP contribution in [0.2, 0.25) is 0 Å². The molecule has 1 N–H and O–H groups in total. The average Bonchev–Trinajstić information content (AvgIpc) is 2.53. The molecular weight excluding hydrogens is 262 g/mol. The van der Waals surface area contributed by atoms with Crippen LogP contribution in [0.15, 0.2) is 30.3 Å². The average molecular weight is 285 g/mol. The summed E-state index contributed by atoms with van der Waals surface area (Å²) in [6.45, 7) is 5.76. The minimum Gasteiger partial charge on any atom is -0.384 e. The molecule has 0 aliphatic carbocycles. The highest BCUT2D eigenvalue weighted by molar-refractivity contribution is 5.68. The van der Waals surface area contributed by atoms with Gasteiger partial charge < -0.3 is 10.1 Å². The van der Waals surface area contributed by atoms with Crippen molar-refractivity contribution in [1.29, 1.82) is 0 Å². The Kier molecular flexibility index (Phi) is 5.69. The molecule has 0 atom stereocenters. The van der Waals surface area contributed by atoms with Crippen LogP contribution in [-0.4, -0.2) is 30.2 Å². The highest BCUT2D eigenvalue weighted by Crippen LogP contribution is 2.25. The van der Waals surface area contributed by atoms with Crippen LogP contribution in [0.5, 0.6) is 0 Å². The van der Waals surface area contributed by atoms with Crippen molar-refractivity contribution in [2.24, 2.45) is 0 Å². The first kappa shape index (κ1) is 15.4. The lowest BCUT2D eigenvalue weighted by molar-refractivity contribution is 0.200. The topological polar surface area (TPSA) is 47.0 Å². The standard InChI is InChI=1S/C17H23N3O/c1-4-11-18-17-13(2)16(14-8-6-5-7-9-14)19-15(20-17)10-12-21-3/h5-9H,4,10-12H2,1-3H3,(H,18,19,20). The molecule has 0 fully saturated rings. The van der Waals surface area contributed by atoms with E-state index in [0.29, 0.717) is 6.61 Å². The van der Waals surface area contributed by atoms with Crippen LogP contribution in [0.4, 0.5) is 5.82 Å². The molecule has 4 heteroatoms. The number of aromatic nitrogens is 2. The van der Waals surface area contributed by atoms with Crippen molar-refractivity contribution in [3.8, 4) is 11.3 Å². The normalized spacial score (nSPS) is 10.6. The van der Waals surface area contributed by atoms with Crippen molar-refractivity contribution in [2.45, 2.75) is 26.7 Å². The second-order valence-corrected chi connectivity index (χ2v) is 5.00. The first-order valence-electron chi connectivity index (χ1n) is 7.42. The Morgan fingerprint density at radius 3 is 2.57 bits per heavy atom. The largest absolute Gasteiger partial charge is 0.384 e. The first-order chi connectivity index (χ1) is 10.3. The SMILES string of the molecule is CCCNc1nc(CCOC)nc(-c2ccccc2)c1C. The van der Waals surface area contributed by atoms with Gasteiger partial charge in [0.2, 0.25) is 0 Å². The Morgan fingerprint density at radius 1 is 1.14 bits per heavy atom. The van der Waals surface area contributed by atoms with Crippen molar-refractivity contribution in [3.05, 3.63) is 41.7 Å². The van der Waals surface area contributed by atoms with E-state index in [4.69, 9.17) is 9.72 Å². The summed E-state index contributed by atoms with van der Waals surface area (Å²) in [4.78, 5) is 9.35. The van der Waals surface area contributed by atoms with Gasteiger partial charge in [-0.2, -0.15) is 0 Å². The lowest BCUT2D eigenvalue weighted by Gasteiger charge is -2.14. The van der Waals surface area contributed by atoms with Gasteiger partial charge in [0.15, 0.2) is 0 Å². The number of nitrogens with zero attached hydrogens (tertiary/aromatic N) is 2. The summed E-state index contributed by atoms with van der Waals surface area (Å²) in [7, 11) is 1.70. The molecule has 0 unspecified atom stereocenters. The van der Waals surface area contributed by atoms with Gasteiger partial charge in [0, 0.05) is 31.2 Å². The molecule has 0 saturated carbocycles. The van der Waals surface area contributed by atoms with Gasteiger partial charge in [0.1, 0.15) is 11.6 Å². The third-order valence-corrected chi connectivity index (χ3v) is 3.31. The Morgan fingerprint density at radius 2 is 1.90 bits per heavy atom. The summed E-state index contributed by atoms with van der Waals surface area (Å²) in [6, 6.07) is 10.2. The highest BCUT2D eigenvalue weighted by atomic mass is 16.5. The summed E-state index contributed by atoms with van der Waals surface area (Å²) in [5.74, 6) is 1.75. The quantitative estimate of drug-likeness (QED) is 0.846. The Hall–Kier alpha value is -1.94. The summed E-state index contributed by atoms with van der Waals surface area (Å²) in [6.07, 6.45) is 1.79. The summed E-state index contributed by atoms with van der Waals surface area (Å²) in [5.41, 5.74) is 3.21. The molecule has 1 heterocycles. The monoisotopic (exact) mass is 285 g/mol. The van der Waals surface area contributed by atoms with E-state index in [0.717, 1.165) is 47.8 Å². The maximum atomic E-state index is 5.14.